The summed E-state index contributed by atoms with van der Waals surface area (Å²) < 4.78 is 15.5. The summed E-state index contributed by atoms with van der Waals surface area (Å²) in [7, 11) is 0. The van der Waals surface area contributed by atoms with Crippen LogP contribution in [0, 0.1) is 12.3 Å². The number of carbonyl (C=O) groups excluding carboxylic acids is 1. The largest absolute Gasteiger partial charge is 0.480 e. The zero-order valence-electron chi connectivity index (χ0n) is 7.86. The van der Waals surface area contributed by atoms with Gasteiger partial charge >= 0.3 is 0 Å². The summed E-state index contributed by atoms with van der Waals surface area (Å²) in [4.78, 5) is 10.8. The minimum atomic E-state index is 0.112. The number of aldehydes is 1. The van der Waals surface area contributed by atoms with Gasteiger partial charge in [0.25, 0.3) is 0 Å². The van der Waals surface area contributed by atoms with Gasteiger partial charge in [-0.2, -0.15) is 0 Å². The molecule has 0 atom stereocenters. The van der Waals surface area contributed by atoms with E-state index >= 15 is 0 Å². The molecular formula is C11H8O4. The summed E-state index contributed by atoms with van der Waals surface area (Å²) in [6, 6.07) is 3.17. The summed E-state index contributed by atoms with van der Waals surface area (Å²) in [6.45, 7) is 0.271. The highest BCUT2D eigenvalue weighted by Gasteiger charge is 2.17. The molecule has 0 bridgehead atoms. The summed E-state index contributed by atoms with van der Waals surface area (Å²) in [5.74, 6) is 3.84. The SMILES string of the molecule is C#CCOc1cc2c(cc1C=O)OCO2. The number of benzene rings is 1. The third-order valence-electron chi connectivity index (χ3n) is 1.94. The maximum absolute atomic E-state index is 10.8. The van der Waals surface area contributed by atoms with Crippen LogP contribution in [-0.2, 0) is 0 Å². The van der Waals surface area contributed by atoms with E-state index in [1.54, 1.807) is 12.1 Å². The lowest BCUT2D eigenvalue weighted by molar-refractivity contribution is 0.111. The van der Waals surface area contributed by atoms with E-state index in [0.29, 0.717) is 29.1 Å². The van der Waals surface area contributed by atoms with Crippen molar-refractivity contribution in [3.63, 3.8) is 0 Å². The van der Waals surface area contributed by atoms with E-state index in [-0.39, 0.29) is 13.4 Å². The van der Waals surface area contributed by atoms with Gasteiger partial charge < -0.3 is 14.2 Å². The van der Waals surface area contributed by atoms with Crippen LogP contribution in [0.3, 0.4) is 0 Å². The fourth-order valence-corrected chi connectivity index (χ4v) is 1.28. The molecule has 0 spiro atoms. The topological polar surface area (TPSA) is 44.8 Å². The molecule has 0 saturated heterocycles. The highest BCUT2D eigenvalue weighted by molar-refractivity contribution is 5.81. The first kappa shape index (κ1) is 9.41. The number of fused-ring (bicyclic) bond motifs is 1. The Morgan fingerprint density at radius 1 is 1.47 bits per heavy atom. The quantitative estimate of drug-likeness (QED) is 0.549. The van der Waals surface area contributed by atoms with Crippen LogP contribution in [0.5, 0.6) is 17.2 Å². The van der Waals surface area contributed by atoms with E-state index in [2.05, 4.69) is 5.92 Å². The zero-order chi connectivity index (χ0) is 10.7. The highest BCUT2D eigenvalue weighted by atomic mass is 16.7. The molecule has 0 aromatic heterocycles. The molecule has 0 amide bonds. The highest BCUT2D eigenvalue weighted by Crippen LogP contribution is 2.37. The Labute approximate surface area is 86.8 Å². The molecule has 1 aromatic carbocycles. The first-order valence-electron chi connectivity index (χ1n) is 4.30. The molecule has 1 heterocycles. The Morgan fingerprint density at radius 2 is 2.20 bits per heavy atom. The fraction of sp³-hybridized carbons (Fsp3) is 0.182. The van der Waals surface area contributed by atoms with Crippen LogP contribution in [0.15, 0.2) is 12.1 Å². The second-order valence-corrected chi connectivity index (χ2v) is 2.85. The van der Waals surface area contributed by atoms with Gasteiger partial charge in [0, 0.05) is 6.07 Å². The van der Waals surface area contributed by atoms with Crippen LogP contribution in [0.4, 0.5) is 0 Å². The van der Waals surface area contributed by atoms with Crippen molar-refractivity contribution < 1.29 is 19.0 Å². The Hall–Kier alpha value is -2.15. The Bertz CT molecular complexity index is 431. The van der Waals surface area contributed by atoms with Crippen molar-refractivity contribution in [2.45, 2.75) is 0 Å². The molecule has 76 valence electrons. The van der Waals surface area contributed by atoms with E-state index in [9.17, 15) is 4.79 Å². The molecule has 0 unspecified atom stereocenters. The molecule has 2 rings (SSSR count). The van der Waals surface area contributed by atoms with Gasteiger partial charge in [-0.3, -0.25) is 4.79 Å². The van der Waals surface area contributed by atoms with Crippen molar-refractivity contribution in [3.05, 3.63) is 17.7 Å². The number of ether oxygens (including phenoxy) is 3. The predicted octanol–water partition coefficient (Wildman–Crippen LogP) is 1.24. The van der Waals surface area contributed by atoms with E-state index in [1.165, 1.54) is 0 Å². The lowest BCUT2D eigenvalue weighted by atomic mass is 10.2. The fourth-order valence-electron chi connectivity index (χ4n) is 1.28. The van der Waals surface area contributed by atoms with E-state index in [1.807, 2.05) is 0 Å². The second kappa shape index (κ2) is 3.93. The molecule has 0 saturated carbocycles. The summed E-state index contributed by atoms with van der Waals surface area (Å²) in [5, 5.41) is 0. The van der Waals surface area contributed by atoms with E-state index in [0.717, 1.165) is 0 Å². The number of terminal acetylenes is 1. The second-order valence-electron chi connectivity index (χ2n) is 2.85. The summed E-state index contributed by atoms with van der Waals surface area (Å²) in [5.41, 5.74) is 0.398. The summed E-state index contributed by atoms with van der Waals surface area (Å²) >= 11 is 0. The maximum atomic E-state index is 10.8. The smallest absolute Gasteiger partial charge is 0.231 e. The van der Waals surface area contributed by atoms with Crippen LogP contribution in [0.25, 0.3) is 0 Å². The van der Waals surface area contributed by atoms with Crippen molar-refractivity contribution in [2.75, 3.05) is 13.4 Å². The normalized spacial score (nSPS) is 11.9. The Balaban J connectivity index is 2.36. The van der Waals surface area contributed by atoms with Crippen molar-refractivity contribution in [1.29, 1.82) is 0 Å². The minimum absolute atomic E-state index is 0.112. The zero-order valence-corrected chi connectivity index (χ0v) is 7.86. The van der Waals surface area contributed by atoms with Crippen molar-refractivity contribution in [3.8, 4) is 29.6 Å². The maximum Gasteiger partial charge on any atom is 0.231 e. The monoisotopic (exact) mass is 204 g/mol. The Kier molecular flexibility index (Phi) is 2.46. The van der Waals surface area contributed by atoms with Crippen LogP contribution < -0.4 is 14.2 Å². The van der Waals surface area contributed by atoms with Crippen LogP contribution in [0.1, 0.15) is 10.4 Å². The van der Waals surface area contributed by atoms with Gasteiger partial charge in [0.2, 0.25) is 6.79 Å². The Morgan fingerprint density at radius 3 is 2.87 bits per heavy atom. The molecule has 0 radical (unpaired) electrons. The van der Waals surface area contributed by atoms with E-state index < -0.39 is 0 Å². The molecular weight excluding hydrogens is 196 g/mol. The average Bonchev–Trinajstić information content (AvgIpc) is 2.71. The lowest BCUT2D eigenvalue weighted by Gasteiger charge is -2.06. The number of hydrogen-bond donors (Lipinski definition) is 0. The molecule has 4 nitrogen and oxygen atoms in total. The van der Waals surface area contributed by atoms with Crippen LogP contribution >= 0.6 is 0 Å². The minimum Gasteiger partial charge on any atom is -0.480 e. The number of rotatable bonds is 3. The first-order valence-corrected chi connectivity index (χ1v) is 4.30. The standard InChI is InChI=1S/C11H8O4/c1-2-3-13-9-5-11-10(14-7-15-11)4-8(9)6-12/h1,4-6H,3,7H2. The van der Waals surface area contributed by atoms with Crippen molar-refractivity contribution >= 4 is 6.29 Å². The molecule has 0 N–H and O–H groups in total. The van der Waals surface area contributed by atoms with Crippen molar-refractivity contribution in [1.82, 2.24) is 0 Å². The molecule has 1 aliphatic heterocycles. The predicted molar refractivity (Wildman–Crippen MR) is 52.3 cm³/mol. The molecule has 0 aliphatic carbocycles. The molecule has 0 fully saturated rings. The van der Waals surface area contributed by atoms with Gasteiger partial charge in [-0.15, -0.1) is 6.42 Å². The average molecular weight is 204 g/mol. The third-order valence-corrected chi connectivity index (χ3v) is 1.94. The van der Waals surface area contributed by atoms with Gasteiger partial charge in [-0.25, -0.2) is 0 Å². The summed E-state index contributed by atoms with van der Waals surface area (Å²) in [6.07, 6.45) is 5.75. The van der Waals surface area contributed by atoms with Gasteiger partial charge in [-0.05, 0) is 6.07 Å². The molecule has 1 aromatic rings. The van der Waals surface area contributed by atoms with Crippen LogP contribution in [0.2, 0.25) is 0 Å². The van der Waals surface area contributed by atoms with Gasteiger partial charge in [0.05, 0.1) is 5.56 Å². The number of carbonyl (C=O) groups is 1. The van der Waals surface area contributed by atoms with Gasteiger partial charge in [-0.1, -0.05) is 5.92 Å². The first-order chi connectivity index (χ1) is 7.35. The number of hydrogen-bond acceptors (Lipinski definition) is 4. The van der Waals surface area contributed by atoms with Gasteiger partial charge in [0.15, 0.2) is 17.8 Å². The molecule has 1 aliphatic rings. The van der Waals surface area contributed by atoms with Gasteiger partial charge in [0.1, 0.15) is 12.4 Å². The van der Waals surface area contributed by atoms with Crippen molar-refractivity contribution in [2.24, 2.45) is 0 Å². The van der Waals surface area contributed by atoms with Crippen LogP contribution in [-0.4, -0.2) is 19.7 Å². The molecule has 15 heavy (non-hydrogen) atoms. The molecule has 4 heteroatoms. The third kappa shape index (κ3) is 1.72. The van der Waals surface area contributed by atoms with E-state index in [4.69, 9.17) is 20.6 Å². The lowest BCUT2D eigenvalue weighted by Crippen LogP contribution is -1.97.